The molecule has 0 aliphatic rings. The van der Waals surface area contributed by atoms with Crippen LogP contribution in [0.1, 0.15) is 5.56 Å². The normalized spacial score (nSPS) is 11.1. The number of nitrogens with zero attached hydrogens (tertiary/aromatic N) is 2. The van der Waals surface area contributed by atoms with Crippen molar-refractivity contribution in [1.82, 2.24) is 9.97 Å². The van der Waals surface area contributed by atoms with Crippen LogP contribution in [-0.2, 0) is 10.0 Å². The number of hydrogen-bond donors (Lipinski definition) is 2. The van der Waals surface area contributed by atoms with Crippen LogP contribution >= 0.6 is 0 Å². The van der Waals surface area contributed by atoms with Crippen molar-refractivity contribution in [1.29, 1.82) is 0 Å². The minimum Gasteiger partial charge on any atom is -0.386 e. The van der Waals surface area contributed by atoms with Crippen LogP contribution in [0.3, 0.4) is 0 Å². The Kier molecular flexibility index (Phi) is 3.66. The zero-order valence-electron chi connectivity index (χ0n) is 10.6. The molecular weight excluding hydrogens is 264 g/mol. The molecule has 6 nitrogen and oxygen atoms in total. The molecule has 100 valence electrons. The van der Waals surface area contributed by atoms with Gasteiger partial charge in [0.1, 0.15) is 5.82 Å². The molecule has 0 atom stereocenters. The van der Waals surface area contributed by atoms with E-state index in [1.54, 1.807) is 37.5 Å². The highest BCUT2D eigenvalue weighted by molar-refractivity contribution is 7.92. The van der Waals surface area contributed by atoms with Crippen molar-refractivity contribution >= 4 is 21.5 Å². The van der Waals surface area contributed by atoms with E-state index in [9.17, 15) is 8.42 Å². The first-order valence-electron chi connectivity index (χ1n) is 5.61. The van der Waals surface area contributed by atoms with Crippen molar-refractivity contribution in [2.45, 2.75) is 11.9 Å². The van der Waals surface area contributed by atoms with Gasteiger partial charge in [0.2, 0.25) is 0 Å². The lowest BCUT2D eigenvalue weighted by Gasteiger charge is -2.10. The van der Waals surface area contributed by atoms with Gasteiger partial charge in [0, 0.05) is 19.4 Å². The van der Waals surface area contributed by atoms with Gasteiger partial charge in [-0.3, -0.25) is 4.72 Å². The van der Waals surface area contributed by atoms with Crippen molar-refractivity contribution in [3.8, 4) is 0 Å². The van der Waals surface area contributed by atoms with E-state index in [-0.39, 0.29) is 10.8 Å². The fourth-order valence-electron chi connectivity index (χ4n) is 1.57. The molecule has 2 rings (SSSR count). The van der Waals surface area contributed by atoms with E-state index in [4.69, 9.17) is 0 Å². The Labute approximate surface area is 112 Å². The highest BCUT2D eigenvalue weighted by atomic mass is 32.2. The second-order valence-corrected chi connectivity index (χ2v) is 5.53. The van der Waals surface area contributed by atoms with Gasteiger partial charge in [-0.05, 0) is 36.8 Å². The molecule has 2 aromatic heterocycles. The molecule has 0 saturated heterocycles. The van der Waals surface area contributed by atoms with E-state index < -0.39 is 10.0 Å². The van der Waals surface area contributed by atoms with E-state index in [1.807, 2.05) is 6.92 Å². The first-order chi connectivity index (χ1) is 9.03. The Morgan fingerprint density at radius 3 is 2.63 bits per heavy atom. The van der Waals surface area contributed by atoms with Gasteiger partial charge in [0.05, 0.1) is 5.69 Å². The number of aromatic nitrogens is 2. The predicted molar refractivity (Wildman–Crippen MR) is 73.6 cm³/mol. The van der Waals surface area contributed by atoms with Gasteiger partial charge in [-0.25, -0.2) is 9.97 Å². The topological polar surface area (TPSA) is 84.0 Å². The summed E-state index contributed by atoms with van der Waals surface area (Å²) in [5.74, 6) is 0.271. The van der Waals surface area contributed by atoms with Crippen LogP contribution < -0.4 is 10.0 Å². The second-order valence-electron chi connectivity index (χ2n) is 3.93. The number of sulfonamides is 1. The molecule has 0 aromatic carbocycles. The number of pyridine rings is 2. The third-order valence-electron chi connectivity index (χ3n) is 2.45. The lowest BCUT2D eigenvalue weighted by molar-refractivity contribution is 0.598. The third kappa shape index (κ3) is 3.00. The Balaban J connectivity index is 2.38. The quantitative estimate of drug-likeness (QED) is 0.888. The summed E-state index contributed by atoms with van der Waals surface area (Å²) in [4.78, 5) is 7.87. The molecule has 0 amide bonds. The predicted octanol–water partition coefficient (Wildman–Crippen LogP) is 1.63. The lowest BCUT2D eigenvalue weighted by Crippen LogP contribution is -2.17. The summed E-state index contributed by atoms with van der Waals surface area (Å²) in [5, 5.41) is 2.74. The monoisotopic (exact) mass is 278 g/mol. The highest BCUT2D eigenvalue weighted by Crippen LogP contribution is 2.20. The zero-order valence-corrected chi connectivity index (χ0v) is 11.4. The average Bonchev–Trinajstić information content (AvgIpc) is 2.38. The molecule has 0 bridgehead atoms. The molecule has 0 saturated carbocycles. The van der Waals surface area contributed by atoms with Gasteiger partial charge in [-0.1, -0.05) is 0 Å². The summed E-state index contributed by atoms with van der Waals surface area (Å²) in [5.41, 5.74) is 1.35. The number of anilines is 2. The Hall–Kier alpha value is -2.15. The number of aryl methyl sites for hydroxylation is 1. The Morgan fingerprint density at radius 2 is 1.95 bits per heavy atom. The van der Waals surface area contributed by atoms with Crippen LogP contribution in [0.15, 0.2) is 41.7 Å². The molecule has 19 heavy (non-hydrogen) atoms. The van der Waals surface area contributed by atoms with Crippen LogP contribution in [0, 0.1) is 6.92 Å². The molecular formula is C12H14N4O2S. The largest absolute Gasteiger partial charge is 0.386 e. The van der Waals surface area contributed by atoms with Gasteiger partial charge in [-0.2, -0.15) is 8.42 Å². The molecule has 7 heteroatoms. The van der Waals surface area contributed by atoms with Crippen LogP contribution in [0.5, 0.6) is 0 Å². The number of rotatable bonds is 4. The van der Waals surface area contributed by atoms with E-state index in [1.165, 1.54) is 6.20 Å². The molecule has 2 aromatic rings. The molecule has 0 spiro atoms. The van der Waals surface area contributed by atoms with Crippen molar-refractivity contribution in [2.24, 2.45) is 0 Å². The summed E-state index contributed by atoms with van der Waals surface area (Å²) < 4.78 is 26.9. The maximum absolute atomic E-state index is 12.2. The maximum atomic E-state index is 12.2. The summed E-state index contributed by atoms with van der Waals surface area (Å²) >= 11 is 0. The summed E-state index contributed by atoms with van der Waals surface area (Å²) in [6, 6.07) is 6.75. The summed E-state index contributed by atoms with van der Waals surface area (Å²) in [7, 11) is -2.12. The first-order valence-corrected chi connectivity index (χ1v) is 7.09. The van der Waals surface area contributed by atoms with Crippen molar-refractivity contribution in [2.75, 3.05) is 17.1 Å². The number of nitrogens with one attached hydrogen (secondary N) is 2. The van der Waals surface area contributed by atoms with E-state index in [0.717, 1.165) is 5.56 Å². The smallest absolute Gasteiger partial charge is 0.282 e. The van der Waals surface area contributed by atoms with Gasteiger partial charge < -0.3 is 5.32 Å². The van der Waals surface area contributed by atoms with Gasteiger partial charge in [0.25, 0.3) is 10.0 Å². The van der Waals surface area contributed by atoms with Crippen LogP contribution in [0.2, 0.25) is 0 Å². The second kappa shape index (κ2) is 5.23. The fourth-order valence-corrected chi connectivity index (χ4v) is 2.72. The van der Waals surface area contributed by atoms with Crippen molar-refractivity contribution in [3.05, 3.63) is 42.2 Å². The van der Waals surface area contributed by atoms with E-state index >= 15 is 0 Å². The van der Waals surface area contributed by atoms with Gasteiger partial charge >= 0.3 is 0 Å². The summed E-state index contributed by atoms with van der Waals surface area (Å²) in [6.07, 6.45) is 2.98. The highest BCUT2D eigenvalue weighted by Gasteiger charge is 2.20. The van der Waals surface area contributed by atoms with Crippen molar-refractivity contribution in [3.63, 3.8) is 0 Å². The molecule has 0 aliphatic carbocycles. The van der Waals surface area contributed by atoms with Gasteiger partial charge in [-0.15, -0.1) is 0 Å². The van der Waals surface area contributed by atoms with Crippen LogP contribution in [0.4, 0.5) is 11.5 Å². The molecule has 0 fully saturated rings. The molecule has 2 N–H and O–H groups in total. The van der Waals surface area contributed by atoms with Crippen molar-refractivity contribution < 1.29 is 8.42 Å². The fraction of sp³-hybridized carbons (Fsp3) is 0.167. The van der Waals surface area contributed by atoms with Crippen LogP contribution in [0.25, 0.3) is 0 Å². The summed E-state index contributed by atoms with van der Waals surface area (Å²) in [6.45, 7) is 1.86. The van der Waals surface area contributed by atoms with E-state index in [0.29, 0.717) is 5.69 Å². The molecule has 0 aliphatic heterocycles. The Bertz CT molecular complexity index is 686. The van der Waals surface area contributed by atoms with E-state index in [2.05, 4.69) is 20.0 Å². The minimum atomic E-state index is -3.76. The third-order valence-corrected chi connectivity index (χ3v) is 3.76. The Morgan fingerprint density at radius 1 is 1.16 bits per heavy atom. The van der Waals surface area contributed by atoms with Crippen LogP contribution in [-0.4, -0.2) is 25.4 Å². The zero-order chi connectivity index (χ0) is 13.9. The molecule has 2 heterocycles. The maximum Gasteiger partial charge on any atom is 0.282 e. The standard InChI is InChI=1S/C12H14N4O2S/c1-9-5-7-14-11(8-9)16-19(17,18)12-10(13-2)4-3-6-15-12/h3-8,13H,1-2H3,(H,14,16). The molecule has 0 unspecified atom stereocenters. The first kappa shape index (κ1) is 13.3. The van der Waals surface area contributed by atoms with Gasteiger partial charge in [0.15, 0.2) is 5.03 Å². The lowest BCUT2D eigenvalue weighted by atomic mass is 10.3. The SMILES string of the molecule is CNc1cccnc1S(=O)(=O)Nc1cc(C)ccn1. The average molecular weight is 278 g/mol. The minimum absolute atomic E-state index is 0.0548. The number of hydrogen-bond acceptors (Lipinski definition) is 5. The molecule has 0 radical (unpaired) electrons.